The topological polar surface area (TPSA) is 71.2 Å². The van der Waals surface area contributed by atoms with Gasteiger partial charge in [-0.25, -0.2) is 0 Å². The Morgan fingerprint density at radius 3 is 2.77 bits per heavy atom. The van der Waals surface area contributed by atoms with Crippen molar-refractivity contribution in [2.45, 2.75) is 32.4 Å². The maximum atomic E-state index is 5.82. The molecule has 116 valence electrons. The summed E-state index contributed by atoms with van der Waals surface area (Å²) in [5.41, 5.74) is 8.48. The number of aromatic nitrogens is 3. The first-order valence-corrected chi connectivity index (χ1v) is 7.57. The first-order chi connectivity index (χ1) is 10.5. The second kappa shape index (κ2) is 5.79. The molecule has 1 aliphatic rings. The van der Waals surface area contributed by atoms with Crippen molar-refractivity contribution in [3.05, 3.63) is 35.7 Å². The minimum absolute atomic E-state index is 0.270. The highest BCUT2D eigenvalue weighted by Gasteiger charge is 2.24. The number of nitrogens with zero attached hydrogens (tertiary/aromatic N) is 5. The van der Waals surface area contributed by atoms with Crippen LogP contribution in [-0.2, 0) is 13.0 Å². The summed E-state index contributed by atoms with van der Waals surface area (Å²) in [6.45, 7) is 2.89. The molecule has 0 saturated heterocycles. The van der Waals surface area contributed by atoms with E-state index < -0.39 is 0 Å². The number of aryl methyl sites for hydroxylation is 1. The number of rotatable bonds is 3. The van der Waals surface area contributed by atoms with Crippen LogP contribution in [0.4, 0.5) is 17.6 Å². The highest BCUT2D eigenvalue weighted by molar-refractivity contribution is 5.56. The quantitative estimate of drug-likeness (QED) is 0.932. The Morgan fingerprint density at radius 2 is 2.00 bits per heavy atom. The van der Waals surface area contributed by atoms with Gasteiger partial charge >= 0.3 is 0 Å². The van der Waals surface area contributed by atoms with Gasteiger partial charge in [0, 0.05) is 25.8 Å². The van der Waals surface area contributed by atoms with Crippen molar-refractivity contribution in [3.63, 3.8) is 0 Å². The van der Waals surface area contributed by atoms with E-state index >= 15 is 0 Å². The molecule has 0 fully saturated rings. The molecule has 0 amide bonds. The van der Waals surface area contributed by atoms with Crippen LogP contribution in [0, 0.1) is 0 Å². The van der Waals surface area contributed by atoms with Crippen LogP contribution in [0.15, 0.2) is 24.3 Å². The lowest BCUT2D eigenvalue weighted by molar-refractivity contribution is 0.551. The van der Waals surface area contributed by atoms with Crippen molar-refractivity contribution >= 4 is 17.6 Å². The van der Waals surface area contributed by atoms with Crippen LogP contribution in [-0.4, -0.2) is 35.1 Å². The second-order valence-electron chi connectivity index (χ2n) is 5.95. The Bertz CT molecular complexity index is 669. The molecule has 1 aromatic heterocycles. The molecule has 3 rings (SSSR count). The van der Waals surface area contributed by atoms with Gasteiger partial charge in [0.25, 0.3) is 0 Å². The van der Waals surface area contributed by atoms with Crippen molar-refractivity contribution in [2.24, 2.45) is 0 Å². The van der Waals surface area contributed by atoms with E-state index in [4.69, 9.17) is 5.73 Å². The predicted octanol–water partition coefficient (Wildman–Crippen LogP) is 1.86. The summed E-state index contributed by atoms with van der Waals surface area (Å²) in [4.78, 5) is 17.2. The number of anilines is 3. The SMILES string of the molecule is C[C@@H]1CCc2ccccc2N1Cc1nc(N)nc(N(C)C)n1. The van der Waals surface area contributed by atoms with Gasteiger partial charge in [-0.3, -0.25) is 0 Å². The molecule has 0 bridgehead atoms. The Hall–Kier alpha value is -2.37. The fourth-order valence-corrected chi connectivity index (χ4v) is 2.85. The molecule has 0 saturated carbocycles. The van der Waals surface area contributed by atoms with Crippen molar-refractivity contribution in [1.82, 2.24) is 15.0 Å². The molecule has 0 aliphatic carbocycles. The number of hydrogen-bond donors (Lipinski definition) is 1. The highest BCUT2D eigenvalue weighted by Crippen LogP contribution is 2.31. The maximum Gasteiger partial charge on any atom is 0.229 e. The third-order valence-corrected chi connectivity index (χ3v) is 4.06. The number of hydrogen-bond acceptors (Lipinski definition) is 6. The zero-order chi connectivity index (χ0) is 15.7. The summed E-state index contributed by atoms with van der Waals surface area (Å²) in [5.74, 6) is 1.58. The summed E-state index contributed by atoms with van der Waals surface area (Å²) >= 11 is 0. The summed E-state index contributed by atoms with van der Waals surface area (Å²) in [7, 11) is 3.80. The van der Waals surface area contributed by atoms with E-state index in [0.717, 1.165) is 12.8 Å². The van der Waals surface area contributed by atoms with Crippen LogP contribution < -0.4 is 15.5 Å². The lowest BCUT2D eigenvalue weighted by Crippen LogP contribution is -2.37. The van der Waals surface area contributed by atoms with Crippen LogP contribution in [0.1, 0.15) is 24.7 Å². The molecule has 0 unspecified atom stereocenters. The third kappa shape index (κ3) is 2.81. The third-order valence-electron chi connectivity index (χ3n) is 4.06. The van der Waals surface area contributed by atoms with E-state index in [-0.39, 0.29) is 5.95 Å². The first-order valence-electron chi connectivity index (χ1n) is 7.57. The van der Waals surface area contributed by atoms with Crippen molar-refractivity contribution < 1.29 is 0 Å². The molecule has 1 atom stereocenters. The van der Waals surface area contributed by atoms with Gasteiger partial charge < -0.3 is 15.5 Å². The standard InChI is InChI=1S/C16H22N6/c1-11-8-9-12-6-4-5-7-13(12)22(11)10-14-18-15(17)20-16(19-14)21(2)3/h4-7,11H,8-10H2,1-3H3,(H2,17,18,19,20)/t11-/m1/s1. The normalized spacial score (nSPS) is 17.2. The fourth-order valence-electron chi connectivity index (χ4n) is 2.85. The van der Waals surface area contributed by atoms with Crippen molar-refractivity contribution in [3.8, 4) is 0 Å². The fraction of sp³-hybridized carbons (Fsp3) is 0.438. The maximum absolute atomic E-state index is 5.82. The van der Waals surface area contributed by atoms with Crippen LogP contribution in [0.3, 0.4) is 0 Å². The number of para-hydroxylation sites is 1. The van der Waals surface area contributed by atoms with Gasteiger partial charge in [0.2, 0.25) is 11.9 Å². The lowest BCUT2D eigenvalue weighted by atomic mass is 9.97. The Kier molecular flexibility index (Phi) is 3.83. The molecule has 2 N–H and O–H groups in total. The van der Waals surface area contributed by atoms with Crippen LogP contribution >= 0.6 is 0 Å². The molecule has 6 heteroatoms. The average Bonchev–Trinajstić information content (AvgIpc) is 2.49. The lowest BCUT2D eigenvalue weighted by Gasteiger charge is -2.36. The average molecular weight is 298 g/mol. The minimum Gasteiger partial charge on any atom is -0.368 e. The molecule has 6 nitrogen and oxygen atoms in total. The van der Waals surface area contributed by atoms with E-state index in [1.54, 1.807) is 0 Å². The predicted molar refractivity (Wildman–Crippen MR) is 89.0 cm³/mol. The largest absolute Gasteiger partial charge is 0.368 e. The van der Waals surface area contributed by atoms with E-state index in [2.05, 4.69) is 51.0 Å². The summed E-state index contributed by atoms with van der Waals surface area (Å²) in [5, 5.41) is 0. The molecule has 2 aromatic rings. The van der Waals surface area contributed by atoms with E-state index in [1.165, 1.54) is 11.3 Å². The summed E-state index contributed by atoms with van der Waals surface area (Å²) < 4.78 is 0. The smallest absolute Gasteiger partial charge is 0.229 e. The Morgan fingerprint density at radius 1 is 1.23 bits per heavy atom. The Labute approximate surface area is 131 Å². The molecule has 1 aromatic carbocycles. The van der Waals surface area contributed by atoms with E-state index in [9.17, 15) is 0 Å². The molecule has 0 radical (unpaired) electrons. The van der Waals surface area contributed by atoms with E-state index in [1.807, 2.05) is 19.0 Å². The number of fused-ring (bicyclic) bond motifs is 1. The number of nitrogen functional groups attached to an aromatic ring is 1. The van der Waals surface area contributed by atoms with Crippen LogP contribution in [0.25, 0.3) is 0 Å². The first kappa shape index (κ1) is 14.6. The van der Waals surface area contributed by atoms with Gasteiger partial charge in [-0.05, 0) is 31.4 Å². The molecular weight excluding hydrogens is 276 g/mol. The Balaban J connectivity index is 1.93. The number of nitrogens with two attached hydrogens (primary N) is 1. The van der Waals surface area contributed by atoms with Crippen molar-refractivity contribution in [1.29, 1.82) is 0 Å². The number of benzene rings is 1. The summed E-state index contributed by atoms with van der Waals surface area (Å²) in [6, 6.07) is 8.99. The zero-order valence-corrected chi connectivity index (χ0v) is 13.3. The highest BCUT2D eigenvalue weighted by atomic mass is 15.3. The molecule has 0 spiro atoms. The van der Waals surface area contributed by atoms with Gasteiger partial charge in [0.1, 0.15) is 0 Å². The van der Waals surface area contributed by atoms with Gasteiger partial charge in [0.15, 0.2) is 5.82 Å². The van der Waals surface area contributed by atoms with Gasteiger partial charge in [0.05, 0.1) is 6.54 Å². The minimum atomic E-state index is 0.270. The summed E-state index contributed by atoms with van der Waals surface area (Å²) in [6.07, 6.45) is 2.26. The van der Waals surface area contributed by atoms with Gasteiger partial charge in [-0.15, -0.1) is 0 Å². The van der Waals surface area contributed by atoms with Crippen LogP contribution in [0.5, 0.6) is 0 Å². The van der Waals surface area contributed by atoms with Gasteiger partial charge in [-0.1, -0.05) is 18.2 Å². The van der Waals surface area contributed by atoms with Crippen molar-refractivity contribution in [2.75, 3.05) is 29.6 Å². The monoisotopic (exact) mass is 298 g/mol. The van der Waals surface area contributed by atoms with Gasteiger partial charge in [-0.2, -0.15) is 15.0 Å². The molecule has 22 heavy (non-hydrogen) atoms. The van der Waals surface area contributed by atoms with Crippen LogP contribution in [0.2, 0.25) is 0 Å². The zero-order valence-electron chi connectivity index (χ0n) is 13.3. The second-order valence-corrected chi connectivity index (χ2v) is 5.95. The molecule has 2 heterocycles. The molecular formula is C16H22N6. The molecule has 1 aliphatic heterocycles. The van der Waals surface area contributed by atoms with E-state index in [0.29, 0.717) is 24.4 Å².